The van der Waals surface area contributed by atoms with Gasteiger partial charge in [-0.3, -0.25) is 0 Å². The largest absolute Gasteiger partial charge is 0.456 e. The number of rotatable bonds is 3. The van der Waals surface area contributed by atoms with Crippen LogP contribution in [0, 0.1) is 11.8 Å². The molecule has 1 N–H and O–H groups in total. The van der Waals surface area contributed by atoms with Gasteiger partial charge in [-0.1, -0.05) is 97.1 Å². The van der Waals surface area contributed by atoms with Gasteiger partial charge >= 0.3 is 0 Å². The van der Waals surface area contributed by atoms with E-state index in [2.05, 4.69) is 127 Å². The summed E-state index contributed by atoms with van der Waals surface area (Å²) in [6.07, 6.45) is 15.9. The van der Waals surface area contributed by atoms with E-state index in [4.69, 9.17) is 4.42 Å². The van der Waals surface area contributed by atoms with Gasteiger partial charge in [-0.25, -0.2) is 0 Å². The molecule has 5 aromatic carbocycles. The Balaban J connectivity index is 1.18. The summed E-state index contributed by atoms with van der Waals surface area (Å²) in [5.74, 6) is 1.47. The van der Waals surface area contributed by atoms with Crippen molar-refractivity contribution in [2.75, 3.05) is 5.32 Å². The molecule has 2 heteroatoms. The van der Waals surface area contributed by atoms with Crippen molar-refractivity contribution in [1.29, 1.82) is 0 Å². The van der Waals surface area contributed by atoms with Crippen LogP contribution in [0.5, 0.6) is 0 Å². The van der Waals surface area contributed by atoms with E-state index in [1.807, 2.05) is 0 Å². The van der Waals surface area contributed by atoms with Crippen molar-refractivity contribution in [3.63, 3.8) is 0 Å². The van der Waals surface area contributed by atoms with Gasteiger partial charge in [0.05, 0.1) is 0 Å². The van der Waals surface area contributed by atoms with Crippen LogP contribution in [0.2, 0.25) is 0 Å². The molecule has 2 atom stereocenters. The number of hydrogen-bond donors (Lipinski definition) is 1. The highest BCUT2D eigenvalue weighted by Gasteiger charge is 2.40. The number of anilines is 2. The first-order valence-corrected chi connectivity index (χ1v) is 15.0. The van der Waals surface area contributed by atoms with Crippen molar-refractivity contribution in [3.8, 4) is 11.1 Å². The first-order chi connectivity index (χ1) is 20.8. The second kappa shape index (κ2) is 8.24. The van der Waals surface area contributed by atoms with Crippen molar-refractivity contribution in [3.05, 3.63) is 138 Å². The average molecular weight is 538 g/mol. The quantitative estimate of drug-likeness (QED) is 0.243. The molecule has 1 fully saturated rings. The van der Waals surface area contributed by atoms with Crippen LogP contribution in [0.15, 0.2) is 120 Å². The third kappa shape index (κ3) is 3.10. The molecule has 42 heavy (non-hydrogen) atoms. The fourth-order valence-corrected chi connectivity index (χ4v) is 7.60. The topological polar surface area (TPSA) is 25.2 Å². The van der Waals surface area contributed by atoms with E-state index in [-0.39, 0.29) is 0 Å². The molecule has 10 rings (SSSR count). The third-order valence-corrected chi connectivity index (χ3v) is 9.68. The van der Waals surface area contributed by atoms with Crippen LogP contribution in [0.25, 0.3) is 61.1 Å². The van der Waals surface area contributed by atoms with E-state index >= 15 is 0 Å². The number of allylic oxidation sites excluding steroid dienone is 7. The maximum Gasteiger partial charge on any atom is 0.140 e. The van der Waals surface area contributed by atoms with Gasteiger partial charge in [0, 0.05) is 38.7 Å². The van der Waals surface area contributed by atoms with Crippen molar-refractivity contribution in [2.45, 2.75) is 12.8 Å². The van der Waals surface area contributed by atoms with E-state index < -0.39 is 0 Å². The van der Waals surface area contributed by atoms with Gasteiger partial charge in [-0.15, -0.1) is 0 Å². The predicted molar refractivity (Wildman–Crippen MR) is 176 cm³/mol. The summed E-state index contributed by atoms with van der Waals surface area (Å²) in [5, 5.41) is 8.89. The Morgan fingerprint density at radius 2 is 1.43 bits per heavy atom. The molecule has 0 radical (unpaired) electrons. The highest BCUT2D eigenvalue weighted by Crippen LogP contribution is 2.56. The monoisotopic (exact) mass is 537 g/mol. The summed E-state index contributed by atoms with van der Waals surface area (Å²) in [7, 11) is 0. The zero-order chi connectivity index (χ0) is 27.4. The van der Waals surface area contributed by atoms with E-state index in [1.165, 1.54) is 67.1 Å². The van der Waals surface area contributed by atoms with Crippen molar-refractivity contribution in [2.24, 2.45) is 11.8 Å². The molecule has 2 nitrogen and oxygen atoms in total. The second-order valence-electron chi connectivity index (χ2n) is 12.1. The van der Waals surface area contributed by atoms with Crippen LogP contribution < -0.4 is 5.32 Å². The van der Waals surface area contributed by atoms with Crippen molar-refractivity contribution in [1.82, 2.24) is 0 Å². The molecule has 2 unspecified atom stereocenters. The normalized spacial score (nSPS) is 19.3. The Bertz CT molecular complexity index is 2260. The first-order valence-electron chi connectivity index (χ1n) is 15.0. The molecule has 198 valence electrons. The lowest BCUT2D eigenvalue weighted by Gasteiger charge is -2.17. The van der Waals surface area contributed by atoms with Gasteiger partial charge in [-0.05, 0) is 87.7 Å². The number of furan rings is 1. The molecule has 0 spiro atoms. The Hall–Kier alpha value is -5.08. The molecular formula is C40H27NO. The van der Waals surface area contributed by atoms with Crippen LogP contribution in [0.3, 0.4) is 0 Å². The molecule has 4 aliphatic carbocycles. The standard InChI is InChI=1S/C40H27NO/c1-2-9-23-20-34(39-31-12-5-7-16-37(31)42-40(39)26(23)10-3-1)27-11-4-6-15-35(27)41-36-18-17-29-33-22-25-19-24(25)21-32(33)28-13-8-14-30(36)38(28)29/h1-9,11-18,20-22,24-25,41H,10,19H2. The Morgan fingerprint density at radius 1 is 0.643 bits per heavy atom. The lowest BCUT2D eigenvalue weighted by atomic mass is 9.91. The molecule has 0 saturated heterocycles. The highest BCUT2D eigenvalue weighted by atomic mass is 16.3. The number of nitrogens with one attached hydrogen (secondary N) is 1. The Kier molecular flexibility index (Phi) is 4.43. The van der Waals surface area contributed by atoms with Crippen LogP contribution in [-0.4, -0.2) is 0 Å². The maximum atomic E-state index is 6.58. The van der Waals surface area contributed by atoms with Crippen LogP contribution >= 0.6 is 0 Å². The Morgan fingerprint density at radius 3 is 2.36 bits per heavy atom. The summed E-state index contributed by atoms with van der Waals surface area (Å²) in [6.45, 7) is 0. The fourth-order valence-electron chi connectivity index (χ4n) is 7.60. The lowest BCUT2D eigenvalue weighted by molar-refractivity contribution is 0.664. The molecule has 1 aromatic heterocycles. The Labute approximate surface area is 244 Å². The van der Waals surface area contributed by atoms with Crippen LogP contribution in [0.1, 0.15) is 28.7 Å². The van der Waals surface area contributed by atoms with Crippen molar-refractivity contribution < 1.29 is 4.42 Å². The highest BCUT2D eigenvalue weighted by molar-refractivity contribution is 6.24. The SMILES string of the molecule is C1=CCc2c(cc(-c3ccccc3Nc3ccc4c5c(cccc35)C3=CC5CC5C=C34)c3c2oc2ccccc23)C=C1. The molecule has 6 aromatic rings. The molecule has 4 aliphatic rings. The molecule has 1 saturated carbocycles. The third-order valence-electron chi connectivity index (χ3n) is 9.68. The molecule has 0 amide bonds. The fraction of sp³-hybridized carbons (Fsp3) is 0.100. The van der Waals surface area contributed by atoms with Gasteiger partial charge in [-0.2, -0.15) is 0 Å². The van der Waals surface area contributed by atoms with Crippen molar-refractivity contribution >= 4 is 61.3 Å². The summed E-state index contributed by atoms with van der Waals surface area (Å²) in [6, 6.07) is 30.9. The van der Waals surface area contributed by atoms with Gasteiger partial charge in [0.25, 0.3) is 0 Å². The first kappa shape index (κ1) is 22.6. The maximum absolute atomic E-state index is 6.58. The second-order valence-corrected chi connectivity index (χ2v) is 12.1. The van der Waals surface area contributed by atoms with Gasteiger partial charge < -0.3 is 9.73 Å². The minimum atomic E-state index is 0.736. The van der Waals surface area contributed by atoms with Gasteiger partial charge in [0.2, 0.25) is 0 Å². The smallest absolute Gasteiger partial charge is 0.140 e. The lowest BCUT2D eigenvalue weighted by Crippen LogP contribution is -1.97. The minimum absolute atomic E-state index is 0.736. The summed E-state index contributed by atoms with van der Waals surface area (Å²) >= 11 is 0. The number of fused-ring (bicyclic) bond motifs is 9. The number of benzene rings is 5. The number of para-hydroxylation sites is 2. The summed E-state index contributed by atoms with van der Waals surface area (Å²) < 4.78 is 6.58. The van der Waals surface area contributed by atoms with E-state index in [9.17, 15) is 0 Å². The summed E-state index contributed by atoms with van der Waals surface area (Å²) in [5.41, 5.74) is 14.6. The van der Waals surface area contributed by atoms with E-state index in [1.54, 1.807) is 0 Å². The minimum Gasteiger partial charge on any atom is -0.456 e. The number of hydrogen-bond acceptors (Lipinski definition) is 2. The molecule has 0 bridgehead atoms. The molecular weight excluding hydrogens is 510 g/mol. The average Bonchev–Trinajstić information content (AvgIpc) is 3.67. The molecule has 1 heterocycles. The summed E-state index contributed by atoms with van der Waals surface area (Å²) in [4.78, 5) is 0. The zero-order valence-corrected chi connectivity index (χ0v) is 23.0. The van der Waals surface area contributed by atoms with E-state index in [0.29, 0.717) is 0 Å². The molecule has 0 aliphatic heterocycles. The van der Waals surface area contributed by atoms with Crippen LogP contribution in [-0.2, 0) is 6.42 Å². The van der Waals surface area contributed by atoms with Crippen LogP contribution in [0.4, 0.5) is 11.4 Å². The van der Waals surface area contributed by atoms with E-state index in [0.717, 1.165) is 46.2 Å². The predicted octanol–water partition coefficient (Wildman–Crippen LogP) is 10.7. The zero-order valence-electron chi connectivity index (χ0n) is 23.0. The van der Waals surface area contributed by atoms with Gasteiger partial charge in [0.15, 0.2) is 0 Å². The van der Waals surface area contributed by atoms with Gasteiger partial charge in [0.1, 0.15) is 11.2 Å².